The van der Waals surface area contributed by atoms with Gasteiger partial charge in [0.05, 0.1) is 11.6 Å². The normalized spacial score (nSPS) is 33.2. The zero-order valence-corrected chi connectivity index (χ0v) is 17.3. The van der Waals surface area contributed by atoms with E-state index in [1.807, 2.05) is 18.2 Å². The molecule has 5 rings (SSSR count). The van der Waals surface area contributed by atoms with E-state index in [0.29, 0.717) is 17.8 Å². The number of cyclic esters (lactones) is 1. The van der Waals surface area contributed by atoms with Crippen LogP contribution in [-0.4, -0.2) is 17.1 Å². The number of hydrogen-bond donors (Lipinski definition) is 0. The first-order chi connectivity index (χ1) is 14.6. The zero-order chi connectivity index (χ0) is 20.7. The van der Waals surface area contributed by atoms with Gasteiger partial charge >= 0.3 is 5.97 Å². The van der Waals surface area contributed by atoms with Crippen LogP contribution in [0.3, 0.4) is 0 Å². The maximum atomic E-state index is 13.5. The third kappa shape index (κ3) is 3.57. The van der Waals surface area contributed by atoms with Crippen LogP contribution >= 0.6 is 0 Å². The van der Waals surface area contributed by atoms with Crippen molar-refractivity contribution in [1.82, 2.24) is 4.98 Å². The lowest BCUT2D eigenvalue weighted by Crippen LogP contribution is -2.42. The molecule has 3 nitrogen and oxygen atoms in total. The van der Waals surface area contributed by atoms with Crippen LogP contribution in [0.15, 0.2) is 48.7 Å². The van der Waals surface area contributed by atoms with Gasteiger partial charge in [-0.2, -0.15) is 0 Å². The number of benzene rings is 1. The first kappa shape index (κ1) is 19.5. The van der Waals surface area contributed by atoms with Gasteiger partial charge in [-0.25, -0.2) is 4.39 Å². The molecule has 1 aliphatic heterocycles. The summed E-state index contributed by atoms with van der Waals surface area (Å²) in [6.07, 6.45) is 12.2. The van der Waals surface area contributed by atoms with Crippen LogP contribution in [0.5, 0.6) is 0 Å². The quantitative estimate of drug-likeness (QED) is 0.597. The van der Waals surface area contributed by atoms with Gasteiger partial charge in [0, 0.05) is 17.7 Å². The maximum Gasteiger partial charge on any atom is 0.309 e. The Morgan fingerprint density at radius 3 is 2.80 bits per heavy atom. The van der Waals surface area contributed by atoms with Gasteiger partial charge in [-0.05, 0) is 67.4 Å². The van der Waals surface area contributed by atoms with E-state index in [9.17, 15) is 9.18 Å². The summed E-state index contributed by atoms with van der Waals surface area (Å²) in [5, 5.41) is 0. The van der Waals surface area contributed by atoms with Crippen molar-refractivity contribution in [2.24, 2.45) is 29.6 Å². The lowest BCUT2D eigenvalue weighted by atomic mass is 9.57. The van der Waals surface area contributed by atoms with Crippen LogP contribution in [0.4, 0.5) is 4.39 Å². The minimum Gasteiger partial charge on any atom is -0.462 e. The van der Waals surface area contributed by atoms with Gasteiger partial charge < -0.3 is 4.74 Å². The second-order valence-corrected chi connectivity index (χ2v) is 9.19. The Balaban J connectivity index is 1.39. The molecule has 3 unspecified atom stereocenters. The van der Waals surface area contributed by atoms with Crippen molar-refractivity contribution in [2.45, 2.75) is 45.1 Å². The van der Waals surface area contributed by atoms with Crippen molar-refractivity contribution in [3.8, 4) is 11.1 Å². The molecule has 2 heterocycles. The molecule has 0 spiro atoms. The Labute approximate surface area is 177 Å². The summed E-state index contributed by atoms with van der Waals surface area (Å²) < 4.78 is 19.1. The Kier molecular flexibility index (Phi) is 5.18. The standard InChI is InChI=1S/C26H28FNO2/c1-16-25-23(22-8-3-2-5-18(22)14-24(25)26(29)30-16)12-11-21-10-9-19(15-28-21)17-6-4-7-20(27)13-17/h4,6-7,9-13,15-16,18,22-25H,2-3,5,8,14H2,1H3/b12-11+/t16-,18?,22?,23+,24?,25+/m0/s1. The number of halogens is 1. The molecule has 3 aliphatic rings. The number of rotatable bonds is 3. The van der Waals surface area contributed by atoms with Crippen LogP contribution < -0.4 is 0 Å². The average Bonchev–Trinajstić information content (AvgIpc) is 3.05. The number of esters is 1. The molecule has 3 fully saturated rings. The van der Waals surface area contributed by atoms with Crippen molar-refractivity contribution in [3.63, 3.8) is 0 Å². The third-order valence-corrected chi connectivity index (χ3v) is 7.51. The minimum absolute atomic E-state index is 0.00694. The fraction of sp³-hybridized carbons (Fsp3) is 0.462. The lowest BCUT2D eigenvalue weighted by Gasteiger charge is -2.45. The molecule has 2 aromatic rings. The molecule has 1 aromatic heterocycles. The number of carbonyl (C=O) groups excluding carboxylic acids is 1. The van der Waals surface area contributed by atoms with E-state index in [0.717, 1.165) is 23.2 Å². The number of pyridine rings is 1. The van der Waals surface area contributed by atoms with Crippen LogP contribution in [0.2, 0.25) is 0 Å². The minimum atomic E-state index is -0.243. The van der Waals surface area contributed by atoms with Gasteiger partial charge in [-0.15, -0.1) is 0 Å². The van der Waals surface area contributed by atoms with Gasteiger partial charge in [0.25, 0.3) is 0 Å². The Hall–Kier alpha value is -2.49. The van der Waals surface area contributed by atoms with Crippen LogP contribution in [-0.2, 0) is 9.53 Å². The number of carbonyl (C=O) groups is 1. The molecule has 6 atom stereocenters. The molecule has 30 heavy (non-hydrogen) atoms. The number of hydrogen-bond acceptors (Lipinski definition) is 3. The first-order valence-electron chi connectivity index (χ1n) is 11.2. The van der Waals surface area contributed by atoms with Crippen molar-refractivity contribution < 1.29 is 13.9 Å². The topological polar surface area (TPSA) is 39.2 Å². The molecule has 2 saturated carbocycles. The van der Waals surface area contributed by atoms with E-state index < -0.39 is 0 Å². The highest BCUT2D eigenvalue weighted by molar-refractivity contribution is 5.75. The van der Waals surface area contributed by atoms with E-state index in [2.05, 4.69) is 24.1 Å². The Morgan fingerprint density at radius 1 is 1.13 bits per heavy atom. The molecular formula is C26H28FNO2. The summed E-state index contributed by atoms with van der Waals surface area (Å²) in [6.45, 7) is 2.05. The molecule has 156 valence electrons. The van der Waals surface area contributed by atoms with E-state index in [1.54, 1.807) is 12.3 Å². The van der Waals surface area contributed by atoms with E-state index >= 15 is 0 Å². The fourth-order valence-corrected chi connectivity index (χ4v) is 6.14. The number of nitrogens with zero attached hydrogens (tertiary/aromatic N) is 1. The van der Waals surface area contributed by atoms with Gasteiger partial charge in [0.15, 0.2) is 0 Å². The SMILES string of the molecule is C[C@@H]1OC(=O)C2CC3CCCCC3[C@@H](/C=C/c3ccc(-c4cccc(F)c4)cn3)[C@H]21. The van der Waals surface area contributed by atoms with Crippen LogP contribution in [0.25, 0.3) is 17.2 Å². The lowest BCUT2D eigenvalue weighted by molar-refractivity contribution is -0.144. The molecule has 0 amide bonds. The predicted molar refractivity (Wildman–Crippen MR) is 115 cm³/mol. The van der Waals surface area contributed by atoms with Gasteiger partial charge in [0.1, 0.15) is 11.9 Å². The number of allylic oxidation sites excluding steroid dienone is 1. The van der Waals surface area contributed by atoms with Crippen LogP contribution in [0, 0.1) is 35.4 Å². The molecule has 1 aromatic carbocycles. The Bertz CT molecular complexity index is 954. The summed E-state index contributed by atoms with van der Waals surface area (Å²) in [5.74, 6) is 1.73. The van der Waals surface area contributed by atoms with Crippen molar-refractivity contribution in [3.05, 3.63) is 60.2 Å². The summed E-state index contributed by atoms with van der Waals surface area (Å²) in [7, 11) is 0. The second kappa shape index (κ2) is 7.98. The maximum absolute atomic E-state index is 13.5. The second-order valence-electron chi connectivity index (χ2n) is 9.19. The summed E-state index contributed by atoms with van der Waals surface area (Å²) in [6, 6.07) is 10.5. The van der Waals surface area contributed by atoms with E-state index in [1.165, 1.54) is 37.8 Å². The molecule has 0 radical (unpaired) electrons. The summed E-state index contributed by atoms with van der Waals surface area (Å²) in [4.78, 5) is 17.0. The van der Waals surface area contributed by atoms with Gasteiger partial charge in [-0.1, -0.05) is 43.5 Å². The highest BCUT2D eigenvalue weighted by Crippen LogP contribution is 2.53. The molecule has 0 N–H and O–H groups in total. The fourth-order valence-electron chi connectivity index (χ4n) is 6.14. The number of aromatic nitrogens is 1. The van der Waals surface area contributed by atoms with Crippen molar-refractivity contribution >= 4 is 12.0 Å². The van der Waals surface area contributed by atoms with Gasteiger partial charge in [0.2, 0.25) is 0 Å². The molecule has 4 heteroatoms. The molecule has 1 saturated heterocycles. The third-order valence-electron chi connectivity index (χ3n) is 7.51. The van der Waals surface area contributed by atoms with Crippen molar-refractivity contribution in [1.29, 1.82) is 0 Å². The van der Waals surface area contributed by atoms with Crippen molar-refractivity contribution in [2.75, 3.05) is 0 Å². The zero-order valence-electron chi connectivity index (χ0n) is 17.3. The average molecular weight is 406 g/mol. The van der Waals surface area contributed by atoms with Crippen LogP contribution in [0.1, 0.15) is 44.7 Å². The van der Waals surface area contributed by atoms with E-state index in [-0.39, 0.29) is 29.7 Å². The number of ether oxygens (including phenoxy) is 1. The highest BCUT2D eigenvalue weighted by atomic mass is 19.1. The highest BCUT2D eigenvalue weighted by Gasteiger charge is 2.53. The van der Waals surface area contributed by atoms with Gasteiger partial charge in [-0.3, -0.25) is 9.78 Å². The molecule has 0 bridgehead atoms. The Morgan fingerprint density at radius 2 is 2.00 bits per heavy atom. The monoisotopic (exact) mass is 405 g/mol. The summed E-state index contributed by atoms with van der Waals surface area (Å²) >= 11 is 0. The molecule has 2 aliphatic carbocycles. The summed E-state index contributed by atoms with van der Waals surface area (Å²) in [5.41, 5.74) is 2.62. The number of fused-ring (bicyclic) bond motifs is 2. The first-order valence-corrected chi connectivity index (χ1v) is 11.2. The molecular weight excluding hydrogens is 377 g/mol. The largest absolute Gasteiger partial charge is 0.462 e. The predicted octanol–water partition coefficient (Wildman–Crippen LogP) is 5.90. The van der Waals surface area contributed by atoms with E-state index in [4.69, 9.17) is 4.74 Å². The smallest absolute Gasteiger partial charge is 0.309 e.